The fourth-order valence-electron chi connectivity index (χ4n) is 3.27. The molecular formula is C22H34N4O. The van der Waals surface area contributed by atoms with E-state index in [-0.39, 0.29) is 6.04 Å². The Bertz CT molecular complexity index is 672. The molecule has 2 heterocycles. The Balaban J connectivity index is 2.31. The number of unbranched alkanes of at least 4 members (excludes halogenated alkanes) is 1. The number of allylic oxidation sites excluding steroid dienone is 5. The summed E-state index contributed by atoms with van der Waals surface area (Å²) in [6.07, 6.45) is 18.2. The minimum absolute atomic E-state index is 0.0142. The normalized spacial score (nSPS) is 19.6. The van der Waals surface area contributed by atoms with Gasteiger partial charge in [0.2, 0.25) is 0 Å². The second-order valence-corrected chi connectivity index (χ2v) is 6.81. The van der Waals surface area contributed by atoms with Crippen LogP contribution >= 0.6 is 0 Å². The molecule has 5 nitrogen and oxygen atoms in total. The Kier molecular flexibility index (Phi) is 9.22. The first-order valence-electron chi connectivity index (χ1n) is 10.1. The van der Waals surface area contributed by atoms with Crippen molar-refractivity contribution in [3.63, 3.8) is 0 Å². The van der Waals surface area contributed by atoms with Gasteiger partial charge in [0, 0.05) is 17.7 Å². The van der Waals surface area contributed by atoms with Gasteiger partial charge in [-0.05, 0) is 33.2 Å². The quantitative estimate of drug-likeness (QED) is 0.450. The second-order valence-electron chi connectivity index (χ2n) is 6.81. The van der Waals surface area contributed by atoms with Crippen molar-refractivity contribution in [1.82, 2.24) is 20.1 Å². The lowest BCUT2D eigenvalue weighted by molar-refractivity contribution is 0.135. The van der Waals surface area contributed by atoms with E-state index in [2.05, 4.69) is 58.0 Å². The molecule has 2 rings (SSSR count). The molecule has 0 saturated heterocycles. The van der Waals surface area contributed by atoms with Gasteiger partial charge < -0.3 is 10.1 Å². The minimum Gasteiger partial charge on any atom is -0.375 e. The van der Waals surface area contributed by atoms with Crippen molar-refractivity contribution in [2.75, 3.05) is 20.3 Å². The molecule has 0 aliphatic carbocycles. The maximum Gasteiger partial charge on any atom is 0.164 e. The summed E-state index contributed by atoms with van der Waals surface area (Å²) in [5.74, 6) is 2.12. The van der Waals surface area contributed by atoms with Crippen LogP contribution in [-0.4, -0.2) is 35.0 Å². The van der Waals surface area contributed by atoms with Crippen LogP contribution in [0.15, 0.2) is 37.0 Å². The lowest BCUT2D eigenvalue weighted by atomic mass is 9.91. The van der Waals surface area contributed by atoms with E-state index in [0.717, 1.165) is 30.9 Å². The van der Waals surface area contributed by atoms with Crippen LogP contribution in [0.1, 0.15) is 63.6 Å². The van der Waals surface area contributed by atoms with Crippen LogP contribution in [0.25, 0.3) is 11.8 Å². The zero-order valence-corrected chi connectivity index (χ0v) is 17.0. The summed E-state index contributed by atoms with van der Waals surface area (Å²) in [6.45, 7) is 9.45. The molecule has 0 spiro atoms. The van der Waals surface area contributed by atoms with Gasteiger partial charge in [0.25, 0.3) is 0 Å². The molecule has 0 bridgehead atoms. The molecule has 0 saturated carbocycles. The lowest BCUT2D eigenvalue weighted by Crippen LogP contribution is -2.25. The van der Waals surface area contributed by atoms with Crippen LogP contribution < -0.4 is 5.32 Å². The zero-order valence-electron chi connectivity index (χ0n) is 17.0. The molecule has 0 fully saturated rings. The summed E-state index contributed by atoms with van der Waals surface area (Å²) in [4.78, 5) is 0. The summed E-state index contributed by atoms with van der Waals surface area (Å²) in [5, 5.41) is 12.4. The van der Waals surface area contributed by atoms with Crippen molar-refractivity contribution in [3.05, 3.63) is 48.6 Å². The number of ether oxygens (including phenoxy) is 1. The van der Waals surface area contributed by atoms with Crippen molar-refractivity contribution in [3.8, 4) is 0 Å². The highest BCUT2D eigenvalue weighted by Gasteiger charge is 2.24. The van der Waals surface area contributed by atoms with Gasteiger partial charge in [0.05, 0.1) is 19.3 Å². The van der Waals surface area contributed by atoms with Gasteiger partial charge in [-0.2, -0.15) is 0 Å². The number of likely N-dealkylation sites (N-methyl/N-ethyl adjacent to an activating group) is 1. The van der Waals surface area contributed by atoms with Crippen molar-refractivity contribution < 1.29 is 4.74 Å². The van der Waals surface area contributed by atoms with Crippen molar-refractivity contribution in [1.29, 1.82) is 0 Å². The Morgan fingerprint density at radius 2 is 2.22 bits per heavy atom. The lowest BCUT2D eigenvalue weighted by Gasteiger charge is -2.20. The van der Waals surface area contributed by atoms with Crippen LogP contribution in [0.3, 0.4) is 0 Å². The van der Waals surface area contributed by atoms with E-state index in [4.69, 9.17) is 4.74 Å². The first kappa shape index (κ1) is 21.3. The van der Waals surface area contributed by atoms with Gasteiger partial charge in [-0.25, -0.2) is 0 Å². The third-order valence-electron chi connectivity index (χ3n) is 4.88. The van der Waals surface area contributed by atoms with Crippen LogP contribution in [0.2, 0.25) is 0 Å². The molecule has 148 valence electrons. The number of nitrogens with zero attached hydrogens (tertiary/aromatic N) is 3. The summed E-state index contributed by atoms with van der Waals surface area (Å²) in [7, 11) is 1.93. The average molecular weight is 371 g/mol. The molecule has 0 aromatic carbocycles. The Morgan fingerprint density at radius 1 is 1.37 bits per heavy atom. The first-order valence-corrected chi connectivity index (χ1v) is 10.1. The Morgan fingerprint density at radius 3 is 2.93 bits per heavy atom. The second kappa shape index (κ2) is 11.7. The van der Waals surface area contributed by atoms with Gasteiger partial charge in [0.1, 0.15) is 0 Å². The number of rotatable bonds is 11. The van der Waals surface area contributed by atoms with Gasteiger partial charge in [-0.1, -0.05) is 50.1 Å². The summed E-state index contributed by atoms with van der Waals surface area (Å²) in [6, 6.07) is -0.0142. The highest BCUT2D eigenvalue weighted by Crippen LogP contribution is 2.31. The van der Waals surface area contributed by atoms with Crippen molar-refractivity contribution in [2.24, 2.45) is 5.92 Å². The smallest absolute Gasteiger partial charge is 0.164 e. The molecule has 0 amide bonds. The molecule has 27 heavy (non-hydrogen) atoms. The van der Waals surface area contributed by atoms with Crippen LogP contribution in [0.5, 0.6) is 0 Å². The number of hydrogen-bond donors (Lipinski definition) is 1. The third kappa shape index (κ3) is 5.75. The summed E-state index contributed by atoms with van der Waals surface area (Å²) < 4.78 is 7.88. The van der Waals surface area contributed by atoms with E-state index in [9.17, 15) is 0 Å². The highest BCUT2D eigenvalue weighted by molar-refractivity contribution is 5.66. The summed E-state index contributed by atoms with van der Waals surface area (Å²) in [5.41, 5.74) is 1.24. The molecule has 1 aromatic heterocycles. The van der Waals surface area contributed by atoms with Crippen LogP contribution in [0.4, 0.5) is 0 Å². The van der Waals surface area contributed by atoms with E-state index in [1.807, 2.05) is 26.1 Å². The molecule has 2 atom stereocenters. The molecular weight excluding hydrogens is 336 g/mol. The molecule has 5 heteroatoms. The maximum absolute atomic E-state index is 5.76. The molecule has 0 radical (unpaired) electrons. The monoisotopic (exact) mass is 370 g/mol. The van der Waals surface area contributed by atoms with E-state index in [1.165, 1.54) is 18.4 Å². The molecule has 1 aliphatic heterocycles. The Labute approximate surface area is 163 Å². The minimum atomic E-state index is -0.0142. The zero-order chi connectivity index (χ0) is 19.5. The third-order valence-corrected chi connectivity index (χ3v) is 4.88. The number of aromatic nitrogens is 3. The number of nitrogens with one attached hydrogen (secondary N) is 1. The van der Waals surface area contributed by atoms with Crippen LogP contribution in [0, 0.1) is 5.92 Å². The molecule has 1 N–H and O–H groups in total. The Hall–Kier alpha value is -1.98. The van der Waals surface area contributed by atoms with E-state index in [0.29, 0.717) is 19.1 Å². The van der Waals surface area contributed by atoms with E-state index >= 15 is 0 Å². The van der Waals surface area contributed by atoms with Crippen molar-refractivity contribution >= 4 is 11.8 Å². The molecule has 2 unspecified atom stereocenters. The summed E-state index contributed by atoms with van der Waals surface area (Å²) >= 11 is 0. The van der Waals surface area contributed by atoms with Crippen molar-refractivity contribution in [2.45, 2.75) is 52.0 Å². The number of fused-ring (bicyclic) bond motifs is 1. The largest absolute Gasteiger partial charge is 0.375 e. The molecule has 1 aliphatic rings. The first-order chi connectivity index (χ1) is 13.3. The van der Waals surface area contributed by atoms with Gasteiger partial charge in [0.15, 0.2) is 11.6 Å². The molecule has 1 aromatic rings. The number of hydrogen-bond acceptors (Lipinski definition) is 4. The highest BCUT2D eigenvalue weighted by atomic mass is 16.5. The van der Waals surface area contributed by atoms with Gasteiger partial charge >= 0.3 is 0 Å². The SMILES string of the molecule is C=CC(CCCC)/C1=C/CC/C=C\n2c1nnc2C(COC/C=C/C)NC. The topological polar surface area (TPSA) is 52.0 Å². The van der Waals surface area contributed by atoms with Crippen LogP contribution in [-0.2, 0) is 4.74 Å². The average Bonchev–Trinajstić information content (AvgIpc) is 3.06. The van der Waals surface area contributed by atoms with E-state index < -0.39 is 0 Å². The fourth-order valence-corrected chi connectivity index (χ4v) is 3.27. The van der Waals surface area contributed by atoms with Gasteiger partial charge in [-0.15, -0.1) is 16.8 Å². The maximum atomic E-state index is 5.76. The fraction of sp³-hybridized carbons (Fsp3) is 0.545. The van der Waals surface area contributed by atoms with E-state index in [1.54, 1.807) is 0 Å². The predicted octanol–water partition coefficient (Wildman–Crippen LogP) is 4.77. The predicted molar refractivity (Wildman–Crippen MR) is 113 cm³/mol. The van der Waals surface area contributed by atoms with Gasteiger partial charge in [-0.3, -0.25) is 4.57 Å². The standard InChI is InChI=1S/C22H34N4O/c1-5-8-13-18(7-3)19-14-11-10-12-15-26-21(19)24-25-22(26)20(23-4)17-27-16-9-6-2/h6-7,9,12,14-15,18,20,23H,3,5,8,10-11,13,16-17H2,1-2,4H3/b9-6+,15-12-,19-14-.